The Morgan fingerprint density at radius 1 is 1.20 bits per heavy atom. The first-order chi connectivity index (χ1) is 12.1. The van der Waals surface area contributed by atoms with Crippen LogP contribution < -0.4 is 4.74 Å². The van der Waals surface area contributed by atoms with E-state index in [4.69, 9.17) is 9.47 Å². The number of fused-ring (bicyclic) bond motifs is 2. The van der Waals surface area contributed by atoms with E-state index in [2.05, 4.69) is 0 Å². The molecule has 3 aliphatic rings. The molecule has 134 valence electrons. The summed E-state index contributed by atoms with van der Waals surface area (Å²) in [7, 11) is 0. The molecule has 1 N–H and O–H groups in total. The first kappa shape index (κ1) is 16.4. The summed E-state index contributed by atoms with van der Waals surface area (Å²) >= 11 is 0. The van der Waals surface area contributed by atoms with Gasteiger partial charge in [0.1, 0.15) is 5.75 Å². The lowest BCUT2D eigenvalue weighted by atomic mass is 9.74. The Labute approximate surface area is 146 Å². The molecule has 6 heteroatoms. The van der Waals surface area contributed by atoms with Gasteiger partial charge in [0.15, 0.2) is 0 Å². The summed E-state index contributed by atoms with van der Waals surface area (Å²) in [5.74, 6) is -0.235. The lowest BCUT2D eigenvalue weighted by molar-refractivity contribution is -0.151. The van der Waals surface area contributed by atoms with E-state index in [1.54, 1.807) is 4.90 Å². The smallest absolute Gasteiger partial charge is 0.312 e. The zero-order valence-corrected chi connectivity index (χ0v) is 14.1. The number of carbonyl (C=O) groups excluding carboxylic acids is 1. The lowest BCUT2D eigenvalue weighted by Gasteiger charge is -2.29. The van der Waals surface area contributed by atoms with Gasteiger partial charge in [-0.25, -0.2) is 0 Å². The van der Waals surface area contributed by atoms with Gasteiger partial charge in [-0.1, -0.05) is 18.2 Å². The highest BCUT2D eigenvalue weighted by molar-refractivity contribution is 5.83. The molecule has 2 fully saturated rings. The minimum absolute atomic E-state index is 0.0462. The summed E-state index contributed by atoms with van der Waals surface area (Å²) in [5, 5.41) is 10.0. The van der Waals surface area contributed by atoms with Gasteiger partial charge in [0.05, 0.1) is 12.0 Å². The normalized spacial score (nSPS) is 29.3. The average molecular weight is 345 g/mol. The molecule has 0 aliphatic carbocycles. The van der Waals surface area contributed by atoms with E-state index in [-0.39, 0.29) is 24.3 Å². The molecule has 1 aromatic carbocycles. The van der Waals surface area contributed by atoms with Gasteiger partial charge in [-0.3, -0.25) is 9.59 Å². The topological polar surface area (TPSA) is 76.1 Å². The molecule has 3 aliphatic heterocycles. The third-order valence-electron chi connectivity index (χ3n) is 5.92. The van der Waals surface area contributed by atoms with Gasteiger partial charge < -0.3 is 19.5 Å². The van der Waals surface area contributed by atoms with Crippen molar-refractivity contribution in [2.24, 2.45) is 17.3 Å². The van der Waals surface area contributed by atoms with Gasteiger partial charge in [0.2, 0.25) is 5.91 Å². The van der Waals surface area contributed by atoms with Crippen LogP contribution in [0.4, 0.5) is 0 Å². The zero-order valence-electron chi connectivity index (χ0n) is 14.1. The second kappa shape index (κ2) is 6.33. The summed E-state index contributed by atoms with van der Waals surface area (Å²) < 4.78 is 11.2. The van der Waals surface area contributed by atoms with Crippen molar-refractivity contribution >= 4 is 11.9 Å². The SMILES string of the molecule is O=C(C1CCOCC1)N1CC2COc3ccccc3CC2(C(=O)O)C1. The number of carbonyl (C=O) groups is 2. The summed E-state index contributed by atoms with van der Waals surface area (Å²) in [4.78, 5) is 26.9. The van der Waals surface area contributed by atoms with Crippen LogP contribution in [-0.4, -0.2) is 54.8 Å². The number of benzene rings is 1. The monoisotopic (exact) mass is 345 g/mol. The van der Waals surface area contributed by atoms with Crippen LogP contribution in [0.1, 0.15) is 18.4 Å². The molecule has 1 aromatic rings. The van der Waals surface area contributed by atoms with Crippen LogP contribution in [0.3, 0.4) is 0 Å². The number of para-hydroxylation sites is 1. The van der Waals surface area contributed by atoms with Crippen molar-refractivity contribution < 1.29 is 24.2 Å². The van der Waals surface area contributed by atoms with Crippen molar-refractivity contribution in [3.63, 3.8) is 0 Å². The van der Waals surface area contributed by atoms with E-state index in [1.807, 2.05) is 24.3 Å². The van der Waals surface area contributed by atoms with Crippen molar-refractivity contribution in [1.29, 1.82) is 0 Å². The Kier molecular flexibility index (Phi) is 4.15. The highest BCUT2D eigenvalue weighted by Gasteiger charge is 2.55. The minimum atomic E-state index is -0.965. The minimum Gasteiger partial charge on any atom is -0.493 e. The van der Waals surface area contributed by atoms with E-state index < -0.39 is 11.4 Å². The standard InChI is InChI=1S/C19H23NO5/c21-17(13-5-7-24-8-6-13)20-10-15-11-25-16-4-2-1-3-14(16)9-19(15,12-20)18(22)23/h1-4,13,15H,5-12H2,(H,22,23). The summed E-state index contributed by atoms with van der Waals surface area (Å²) in [6, 6.07) is 7.61. The van der Waals surface area contributed by atoms with E-state index in [1.165, 1.54) is 0 Å². The number of carboxylic acids is 1. The molecular formula is C19H23NO5. The van der Waals surface area contributed by atoms with Gasteiger partial charge in [-0.05, 0) is 30.9 Å². The summed E-state index contributed by atoms with van der Waals surface area (Å²) in [6.07, 6.45) is 1.85. The predicted molar refractivity (Wildman–Crippen MR) is 89.3 cm³/mol. The van der Waals surface area contributed by atoms with Gasteiger partial charge in [-0.2, -0.15) is 0 Å². The second-order valence-corrected chi connectivity index (χ2v) is 7.36. The Balaban J connectivity index is 1.60. The van der Waals surface area contributed by atoms with Crippen molar-refractivity contribution in [2.45, 2.75) is 19.3 Å². The number of hydrogen-bond acceptors (Lipinski definition) is 4. The number of hydrogen-bond donors (Lipinski definition) is 1. The Morgan fingerprint density at radius 2 is 1.96 bits per heavy atom. The first-order valence-electron chi connectivity index (χ1n) is 8.91. The predicted octanol–water partition coefficient (Wildman–Crippen LogP) is 1.58. The second-order valence-electron chi connectivity index (χ2n) is 7.36. The lowest BCUT2D eigenvalue weighted by Crippen LogP contribution is -2.43. The number of ether oxygens (including phenoxy) is 2. The van der Waals surface area contributed by atoms with Crippen LogP contribution in [0, 0.1) is 17.3 Å². The molecule has 3 heterocycles. The zero-order chi connectivity index (χ0) is 17.4. The van der Waals surface area contributed by atoms with Gasteiger partial charge in [0.25, 0.3) is 0 Å². The van der Waals surface area contributed by atoms with Gasteiger partial charge >= 0.3 is 5.97 Å². The number of aliphatic carboxylic acids is 1. The maximum Gasteiger partial charge on any atom is 0.312 e. The van der Waals surface area contributed by atoms with Crippen molar-refractivity contribution in [3.05, 3.63) is 29.8 Å². The van der Waals surface area contributed by atoms with Gasteiger partial charge in [-0.15, -0.1) is 0 Å². The quantitative estimate of drug-likeness (QED) is 0.881. The summed E-state index contributed by atoms with van der Waals surface area (Å²) in [6.45, 7) is 2.26. The highest BCUT2D eigenvalue weighted by Crippen LogP contribution is 2.44. The van der Waals surface area contributed by atoms with E-state index in [0.29, 0.717) is 32.8 Å². The Bertz CT molecular complexity index is 684. The molecule has 0 aromatic heterocycles. The summed E-state index contributed by atoms with van der Waals surface area (Å²) in [5.41, 5.74) is -0.0549. The number of carboxylic acid groups (broad SMARTS) is 1. The van der Waals surface area contributed by atoms with Gasteiger partial charge in [0, 0.05) is 38.1 Å². The highest BCUT2D eigenvalue weighted by atomic mass is 16.5. The number of amides is 1. The molecular weight excluding hydrogens is 322 g/mol. The van der Waals surface area contributed by atoms with Crippen molar-refractivity contribution in [2.75, 3.05) is 32.9 Å². The van der Waals surface area contributed by atoms with Crippen LogP contribution in [-0.2, 0) is 20.7 Å². The molecule has 1 amide bonds. The Morgan fingerprint density at radius 3 is 2.72 bits per heavy atom. The maximum atomic E-state index is 12.9. The third kappa shape index (κ3) is 2.78. The first-order valence-corrected chi connectivity index (χ1v) is 8.91. The van der Waals surface area contributed by atoms with Crippen LogP contribution >= 0.6 is 0 Å². The van der Waals surface area contributed by atoms with Crippen LogP contribution in [0.25, 0.3) is 0 Å². The fraction of sp³-hybridized carbons (Fsp3) is 0.579. The molecule has 0 saturated carbocycles. The molecule has 0 bridgehead atoms. The largest absolute Gasteiger partial charge is 0.493 e. The van der Waals surface area contributed by atoms with E-state index in [0.717, 1.165) is 24.2 Å². The number of likely N-dealkylation sites (tertiary alicyclic amines) is 1. The van der Waals surface area contributed by atoms with Crippen molar-refractivity contribution in [1.82, 2.24) is 4.90 Å². The average Bonchev–Trinajstić information content (AvgIpc) is 2.93. The molecule has 0 spiro atoms. The van der Waals surface area contributed by atoms with Crippen LogP contribution in [0.5, 0.6) is 5.75 Å². The molecule has 0 radical (unpaired) electrons. The molecule has 6 nitrogen and oxygen atoms in total. The number of rotatable bonds is 2. The molecule has 4 rings (SSSR count). The van der Waals surface area contributed by atoms with E-state index >= 15 is 0 Å². The molecule has 2 atom stereocenters. The van der Waals surface area contributed by atoms with Crippen LogP contribution in [0.2, 0.25) is 0 Å². The third-order valence-corrected chi connectivity index (χ3v) is 5.92. The van der Waals surface area contributed by atoms with Crippen molar-refractivity contribution in [3.8, 4) is 5.75 Å². The maximum absolute atomic E-state index is 12.9. The van der Waals surface area contributed by atoms with E-state index in [9.17, 15) is 14.7 Å². The van der Waals surface area contributed by atoms with Crippen LogP contribution in [0.15, 0.2) is 24.3 Å². The number of nitrogens with zero attached hydrogens (tertiary/aromatic N) is 1. The fourth-order valence-corrected chi connectivity index (χ4v) is 4.40. The molecule has 2 saturated heterocycles. The molecule has 25 heavy (non-hydrogen) atoms. The Hall–Kier alpha value is -2.08. The fourth-order valence-electron chi connectivity index (χ4n) is 4.40. The molecule has 2 unspecified atom stereocenters.